The van der Waals surface area contributed by atoms with Crippen molar-refractivity contribution in [2.24, 2.45) is 0 Å². The molecule has 1 fully saturated rings. The Labute approximate surface area is 130 Å². The molecule has 0 amide bonds. The van der Waals surface area contributed by atoms with Crippen molar-refractivity contribution < 1.29 is 14.6 Å². The lowest BCUT2D eigenvalue weighted by atomic mass is 9.81. The van der Waals surface area contributed by atoms with Gasteiger partial charge in [-0.2, -0.15) is 0 Å². The molecule has 1 aromatic rings. The summed E-state index contributed by atoms with van der Waals surface area (Å²) in [6, 6.07) is 7.95. The third kappa shape index (κ3) is 3.92. The highest BCUT2D eigenvalue weighted by Gasteiger charge is 2.42. The average molecular weight is 309 g/mol. The van der Waals surface area contributed by atoms with Gasteiger partial charge in [0, 0.05) is 10.1 Å². The molecule has 0 heterocycles. The Bertz CT molecular complexity index is 490. The predicted molar refractivity (Wildman–Crippen MR) is 85.2 cm³/mol. The molecule has 1 saturated carbocycles. The lowest BCUT2D eigenvalue weighted by Crippen LogP contribution is -2.55. The molecule has 0 spiro atoms. The molecule has 0 aliphatic heterocycles. The average Bonchev–Trinajstić information content (AvgIpc) is 2.48. The first-order valence-electron chi connectivity index (χ1n) is 7.39. The number of thioether (sulfide) groups is 1. The number of ether oxygens (including phenoxy) is 1. The molecule has 0 radical (unpaired) electrons. The lowest BCUT2D eigenvalue weighted by molar-refractivity contribution is -0.146. The molecule has 0 saturated heterocycles. The smallest absolute Gasteiger partial charge is 0.323 e. The summed E-state index contributed by atoms with van der Waals surface area (Å²) < 4.78 is 5.24. The number of carboxylic acid groups (broad SMARTS) is 1. The normalized spacial score (nSPS) is 25.5. The maximum atomic E-state index is 11.7. The zero-order chi connectivity index (χ0) is 15.3. The highest BCUT2D eigenvalue weighted by Crippen LogP contribution is 2.39. The molecule has 5 heteroatoms. The number of carbonyl (C=O) groups is 1. The van der Waals surface area contributed by atoms with Gasteiger partial charge in [-0.05, 0) is 50.4 Å². The number of benzene rings is 1. The first-order valence-corrected chi connectivity index (χ1v) is 8.27. The van der Waals surface area contributed by atoms with E-state index in [1.807, 2.05) is 25.1 Å². The van der Waals surface area contributed by atoms with Gasteiger partial charge in [0.1, 0.15) is 11.3 Å². The monoisotopic (exact) mass is 309 g/mol. The van der Waals surface area contributed by atoms with Crippen molar-refractivity contribution in [1.82, 2.24) is 5.32 Å². The Balaban J connectivity index is 2.08. The summed E-state index contributed by atoms with van der Waals surface area (Å²) in [6.07, 6.45) is 3.38. The Hall–Kier alpha value is -1.20. The van der Waals surface area contributed by atoms with Crippen molar-refractivity contribution in [3.8, 4) is 5.75 Å². The molecular weight excluding hydrogens is 286 g/mol. The summed E-state index contributed by atoms with van der Waals surface area (Å²) in [6.45, 7) is 2.65. The molecule has 2 rings (SSSR count). The fourth-order valence-corrected chi connectivity index (χ4v) is 4.34. The molecule has 2 N–H and O–H groups in total. The minimum Gasteiger partial charge on any atom is -0.497 e. The van der Waals surface area contributed by atoms with E-state index in [1.165, 1.54) is 0 Å². The Morgan fingerprint density at radius 2 is 2.38 bits per heavy atom. The summed E-state index contributed by atoms with van der Waals surface area (Å²) in [5, 5.41) is 13.1. The standard InChI is InChI=1S/C16H23NO3S/c1-3-17-16(15(18)19)9-5-8-14(11-16)21-13-7-4-6-12(10-13)20-2/h4,6-7,10,14,17H,3,5,8-9,11H2,1-2H3,(H,18,19). The molecular formula is C16H23NO3S. The van der Waals surface area contributed by atoms with Crippen molar-refractivity contribution in [3.63, 3.8) is 0 Å². The van der Waals surface area contributed by atoms with E-state index in [-0.39, 0.29) is 0 Å². The van der Waals surface area contributed by atoms with Crippen LogP contribution in [0.25, 0.3) is 0 Å². The summed E-state index contributed by atoms with van der Waals surface area (Å²) in [7, 11) is 1.66. The van der Waals surface area contributed by atoms with E-state index in [2.05, 4.69) is 11.4 Å². The zero-order valence-electron chi connectivity index (χ0n) is 12.6. The number of aliphatic carboxylic acids is 1. The number of hydrogen-bond acceptors (Lipinski definition) is 4. The lowest BCUT2D eigenvalue weighted by Gasteiger charge is -2.38. The van der Waals surface area contributed by atoms with Gasteiger partial charge in [0.25, 0.3) is 0 Å². The van der Waals surface area contributed by atoms with Crippen LogP contribution in [-0.4, -0.2) is 35.5 Å². The van der Waals surface area contributed by atoms with Crippen LogP contribution in [0.5, 0.6) is 5.75 Å². The van der Waals surface area contributed by atoms with Crippen LogP contribution in [-0.2, 0) is 4.79 Å². The first kappa shape index (κ1) is 16.2. The van der Waals surface area contributed by atoms with E-state index in [4.69, 9.17) is 4.74 Å². The Kier molecular flexibility index (Phi) is 5.53. The van der Waals surface area contributed by atoms with E-state index in [0.717, 1.165) is 23.5 Å². The maximum absolute atomic E-state index is 11.7. The van der Waals surface area contributed by atoms with Crippen LogP contribution in [0.2, 0.25) is 0 Å². The molecule has 21 heavy (non-hydrogen) atoms. The Morgan fingerprint density at radius 3 is 3.05 bits per heavy atom. The van der Waals surface area contributed by atoms with Crippen molar-refractivity contribution in [2.45, 2.75) is 48.3 Å². The fraction of sp³-hybridized carbons (Fsp3) is 0.562. The van der Waals surface area contributed by atoms with Crippen LogP contribution in [0.3, 0.4) is 0 Å². The second kappa shape index (κ2) is 7.18. The molecule has 0 bridgehead atoms. The van der Waals surface area contributed by atoms with Crippen molar-refractivity contribution >= 4 is 17.7 Å². The molecule has 1 aromatic carbocycles. The topological polar surface area (TPSA) is 58.6 Å². The first-order chi connectivity index (χ1) is 10.1. The van der Waals surface area contributed by atoms with Gasteiger partial charge in [-0.1, -0.05) is 13.0 Å². The summed E-state index contributed by atoms with van der Waals surface area (Å²) in [5.74, 6) is 0.118. The predicted octanol–water partition coefficient (Wildman–Crippen LogP) is 3.16. The number of carboxylic acids is 1. The molecule has 116 valence electrons. The van der Waals surface area contributed by atoms with Gasteiger partial charge in [-0.25, -0.2) is 0 Å². The van der Waals surface area contributed by atoms with Crippen LogP contribution >= 0.6 is 11.8 Å². The van der Waals surface area contributed by atoms with Crippen molar-refractivity contribution in [1.29, 1.82) is 0 Å². The van der Waals surface area contributed by atoms with E-state index in [9.17, 15) is 9.90 Å². The molecule has 2 atom stereocenters. The van der Waals surface area contributed by atoms with Crippen LogP contribution in [0.15, 0.2) is 29.2 Å². The molecule has 0 aromatic heterocycles. The van der Waals surface area contributed by atoms with Crippen LogP contribution < -0.4 is 10.1 Å². The minimum absolute atomic E-state index is 0.320. The summed E-state index contributed by atoms with van der Waals surface area (Å²) >= 11 is 1.76. The molecule has 2 unspecified atom stereocenters. The third-order valence-electron chi connectivity index (χ3n) is 3.97. The van der Waals surface area contributed by atoms with Gasteiger partial charge in [-0.3, -0.25) is 4.79 Å². The second-order valence-corrected chi connectivity index (χ2v) is 6.81. The number of likely N-dealkylation sites (N-methyl/N-ethyl adjacent to an activating group) is 1. The number of nitrogens with one attached hydrogen (secondary N) is 1. The zero-order valence-corrected chi connectivity index (χ0v) is 13.4. The minimum atomic E-state index is -0.760. The quantitative estimate of drug-likeness (QED) is 0.845. The molecule has 1 aliphatic carbocycles. The van der Waals surface area contributed by atoms with Crippen molar-refractivity contribution in [3.05, 3.63) is 24.3 Å². The van der Waals surface area contributed by atoms with Gasteiger partial charge >= 0.3 is 5.97 Å². The number of rotatable bonds is 6. The highest BCUT2D eigenvalue weighted by molar-refractivity contribution is 8.00. The van der Waals surface area contributed by atoms with Crippen molar-refractivity contribution in [2.75, 3.05) is 13.7 Å². The SMILES string of the molecule is CCNC1(C(=O)O)CCCC(Sc2cccc(OC)c2)C1. The summed E-state index contributed by atoms with van der Waals surface area (Å²) in [5.41, 5.74) is -0.760. The van der Waals surface area contributed by atoms with Gasteiger partial charge in [0.05, 0.1) is 7.11 Å². The van der Waals surface area contributed by atoms with Crippen LogP contribution in [0.4, 0.5) is 0 Å². The van der Waals surface area contributed by atoms with E-state index in [1.54, 1.807) is 18.9 Å². The van der Waals surface area contributed by atoms with Gasteiger partial charge in [-0.15, -0.1) is 11.8 Å². The third-order valence-corrected chi connectivity index (χ3v) is 5.24. The van der Waals surface area contributed by atoms with Crippen LogP contribution in [0.1, 0.15) is 32.6 Å². The highest BCUT2D eigenvalue weighted by atomic mass is 32.2. The van der Waals surface area contributed by atoms with Crippen LogP contribution in [0, 0.1) is 0 Å². The van der Waals surface area contributed by atoms with Gasteiger partial charge in [0.2, 0.25) is 0 Å². The van der Waals surface area contributed by atoms with Gasteiger partial charge in [0.15, 0.2) is 0 Å². The Morgan fingerprint density at radius 1 is 1.57 bits per heavy atom. The van der Waals surface area contributed by atoms with E-state index in [0.29, 0.717) is 24.6 Å². The number of hydrogen-bond donors (Lipinski definition) is 2. The maximum Gasteiger partial charge on any atom is 0.323 e. The van der Waals surface area contributed by atoms with E-state index >= 15 is 0 Å². The molecule has 1 aliphatic rings. The van der Waals surface area contributed by atoms with E-state index < -0.39 is 11.5 Å². The number of methoxy groups -OCH3 is 1. The second-order valence-electron chi connectivity index (χ2n) is 5.43. The van der Waals surface area contributed by atoms with Gasteiger partial charge < -0.3 is 15.2 Å². The largest absolute Gasteiger partial charge is 0.497 e. The molecule has 4 nitrogen and oxygen atoms in total. The summed E-state index contributed by atoms with van der Waals surface area (Å²) in [4.78, 5) is 12.8. The fourth-order valence-electron chi connectivity index (χ4n) is 2.96.